The van der Waals surface area contributed by atoms with Crippen molar-refractivity contribution in [2.45, 2.75) is 0 Å². The molecule has 0 radical (unpaired) electrons. The minimum absolute atomic E-state index is 0.128. The lowest BCUT2D eigenvalue weighted by Crippen LogP contribution is -2.04. The number of carboxylic acids is 2. The maximum Gasteiger partial charge on any atom is 0.338 e. The van der Waals surface area contributed by atoms with E-state index in [0.717, 1.165) is 5.39 Å². The van der Waals surface area contributed by atoms with Gasteiger partial charge in [-0.2, -0.15) is 0 Å². The van der Waals surface area contributed by atoms with E-state index in [1.807, 2.05) is 12.1 Å². The van der Waals surface area contributed by atoms with E-state index in [0.29, 0.717) is 11.6 Å². The number of pyridine rings is 1. The van der Waals surface area contributed by atoms with E-state index in [4.69, 9.17) is 10.2 Å². The van der Waals surface area contributed by atoms with Crippen molar-refractivity contribution >= 4 is 28.4 Å². The molecule has 0 spiro atoms. The molecule has 1 aromatic heterocycles. The Hall–Kier alpha value is -2.69. The van der Waals surface area contributed by atoms with Gasteiger partial charge in [0.25, 0.3) is 0 Å². The number of hydrogen-bond acceptors (Lipinski definition) is 3. The van der Waals surface area contributed by atoms with Crippen LogP contribution in [0, 0.1) is 0 Å². The van der Waals surface area contributed by atoms with Gasteiger partial charge in [0.15, 0.2) is 0 Å². The van der Waals surface area contributed by atoms with Crippen molar-refractivity contribution in [3.05, 3.63) is 48.2 Å². The second kappa shape index (κ2) is 4.67. The van der Waals surface area contributed by atoms with Crippen LogP contribution in [0.15, 0.2) is 42.5 Å². The fourth-order valence-electron chi connectivity index (χ4n) is 1.58. The molecule has 1 aromatic carbocycles. The van der Waals surface area contributed by atoms with Crippen molar-refractivity contribution in [3.63, 3.8) is 0 Å². The maximum absolute atomic E-state index is 11.0. The number of benzene rings is 1. The van der Waals surface area contributed by atoms with E-state index in [9.17, 15) is 9.59 Å². The predicted molar refractivity (Wildman–Crippen MR) is 65.0 cm³/mol. The van der Waals surface area contributed by atoms with Crippen LogP contribution >= 0.6 is 0 Å². The van der Waals surface area contributed by atoms with Gasteiger partial charge in [0.1, 0.15) is 0 Å². The highest BCUT2D eigenvalue weighted by atomic mass is 16.4. The zero-order valence-corrected chi connectivity index (χ0v) is 9.20. The summed E-state index contributed by atoms with van der Waals surface area (Å²) in [6.07, 6.45) is 0.638. The summed E-state index contributed by atoms with van der Waals surface area (Å²) in [7, 11) is 0. The summed E-state index contributed by atoms with van der Waals surface area (Å²) < 4.78 is 0. The molecule has 0 saturated heterocycles. The Bertz CT molecular complexity index is 661. The third-order valence-corrected chi connectivity index (χ3v) is 2.37. The van der Waals surface area contributed by atoms with Crippen LogP contribution in [0.5, 0.6) is 0 Å². The summed E-state index contributed by atoms with van der Waals surface area (Å²) >= 11 is 0. The van der Waals surface area contributed by atoms with Crippen molar-refractivity contribution < 1.29 is 19.8 Å². The van der Waals surface area contributed by atoms with E-state index >= 15 is 0 Å². The highest BCUT2D eigenvalue weighted by Crippen LogP contribution is 2.17. The average Bonchev–Trinajstić information content (AvgIpc) is 2.35. The summed E-state index contributed by atoms with van der Waals surface area (Å²) in [6.45, 7) is 0. The fraction of sp³-hybridized carbons (Fsp3) is 0. The summed E-state index contributed by atoms with van der Waals surface area (Å²) in [5, 5.41) is 18.5. The summed E-state index contributed by atoms with van der Waals surface area (Å²) in [4.78, 5) is 25.7. The van der Waals surface area contributed by atoms with E-state index in [2.05, 4.69) is 4.98 Å². The van der Waals surface area contributed by atoms with Crippen LogP contribution in [0.1, 0.15) is 5.69 Å². The lowest BCUT2D eigenvalue weighted by atomic mass is 10.1. The number of aromatic nitrogens is 1. The number of carboxylic acid groups (broad SMARTS) is 2. The van der Waals surface area contributed by atoms with E-state index in [1.165, 1.54) is 6.07 Å². The second-order valence-corrected chi connectivity index (χ2v) is 3.59. The molecule has 0 atom stereocenters. The van der Waals surface area contributed by atoms with Crippen molar-refractivity contribution in [2.75, 3.05) is 0 Å². The Balaban J connectivity index is 2.58. The normalized spacial score (nSPS) is 11.4. The largest absolute Gasteiger partial charge is 0.478 e. The number of aliphatic carboxylic acids is 2. The molecular formula is C13H9NO4. The van der Waals surface area contributed by atoms with Crippen LogP contribution in [0.3, 0.4) is 0 Å². The van der Waals surface area contributed by atoms with E-state index in [-0.39, 0.29) is 11.3 Å². The molecule has 0 saturated carbocycles. The van der Waals surface area contributed by atoms with Gasteiger partial charge in [-0.15, -0.1) is 0 Å². The van der Waals surface area contributed by atoms with Gasteiger partial charge < -0.3 is 10.2 Å². The molecule has 0 aliphatic rings. The summed E-state index contributed by atoms with van der Waals surface area (Å²) in [5.41, 5.74) is 0.407. The maximum atomic E-state index is 11.0. The number of hydrogen-bond donors (Lipinski definition) is 2. The minimum atomic E-state index is -1.32. The molecule has 0 bridgehead atoms. The van der Waals surface area contributed by atoms with Gasteiger partial charge in [-0.1, -0.05) is 24.3 Å². The molecule has 0 fully saturated rings. The molecule has 0 amide bonds. The third kappa shape index (κ3) is 2.35. The number of rotatable bonds is 3. The standard InChI is InChI=1S/C13H9NO4/c15-12(16)7-9(13(17)18)11-6-5-8-3-1-2-4-10(8)14-11/h1-7H,(H,15,16)(H,17,18)/b9-7-. The van der Waals surface area contributed by atoms with Gasteiger partial charge in [-0.25, -0.2) is 14.6 Å². The molecule has 0 unspecified atom stereocenters. The van der Waals surface area contributed by atoms with Crippen LogP contribution in [0.2, 0.25) is 0 Å². The molecule has 0 aliphatic carbocycles. The molecule has 1 heterocycles. The number of carbonyl (C=O) groups is 2. The van der Waals surface area contributed by atoms with Crippen LogP contribution in [-0.4, -0.2) is 27.1 Å². The van der Waals surface area contributed by atoms with E-state index in [1.54, 1.807) is 18.2 Å². The van der Waals surface area contributed by atoms with Gasteiger partial charge in [-0.3, -0.25) is 0 Å². The lowest BCUT2D eigenvalue weighted by molar-refractivity contribution is -0.133. The van der Waals surface area contributed by atoms with Crippen LogP contribution in [0.4, 0.5) is 0 Å². The zero-order chi connectivity index (χ0) is 13.1. The molecule has 90 valence electrons. The molecule has 18 heavy (non-hydrogen) atoms. The number of fused-ring (bicyclic) bond motifs is 1. The van der Waals surface area contributed by atoms with Crippen LogP contribution in [0.25, 0.3) is 16.5 Å². The highest BCUT2D eigenvalue weighted by molar-refractivity contribution is 6.19. The Morgan fingerprint density at radius 1 is 1.06 bits per heavy atom. The van der Waals surface area contributed by atoms with Crippen LogP contribution < -0.4 is 0 Å². The monoisotopic (exact) mass is 243 g/mol. The van der Waals surface area contributed by atoms with Crippen molar-refractivity contribution in [2.24, 2.45) is 0 Å². The molecule has 5 heteroatoms. The van der Waals surface area contributed by atoms with Gasteiger partial charge in [0.2, 0.25) is 0 Å². The first kappa shape index (κ1) is 11.8. The SMILES string of the molecule is O=C(O)/C=C(\C(=O)O)c1ccc2ccccc2n1. The first-order valence-electron chi connectivity index (χ1n) is 5.12. The quantitative estimate of drug-likeness (QED) is 0.802. The van der Waals surface area contributed by atoms with Crippen molar-refractivity contribution in [1.82, 2.24) is 4.98 Å². The van der Waals surface area contributed by atoms with Gasteiger partial charge in [0.05, 0.1) is 16.8 Å². The first-order valence-corrected chi connectivity index (χ1v) is 5.12. The second-order valence-electron chi connectivity index (χ2n) is 3.59. The molecule has 2 rings (SSSR count). The Morgan fingerprint density at radius 2 is 1.78 bits per heavy atom. The smallest absolute Gasteiger partial charge is 0.338 e. The van der Waals surface area contributed by atoms with Gasteiger partial charge in [0, 0.05) is 11.5 Å². The van der Waals surface area contributed by atoms with Gasteiger partial charge >= 0.3 is 11.9 Å². The Morgan fingerprint density at radius 3 is 2.44 bits per heavy atom. The minimum Gasteiger partial charge on any atom is -0.478 e. The summed E-state index contributed by atoms with van der Waals surface area (Å²) in [5.74, 6) is -2.64. The lowest BCUT2D eigenvalue weighted by Gasteiger charge is -2.03. The molecule has 5 nitrogen and oxygen atoms in total. The predicted octanol–water partition coefficient (Wildman–Crippen LogP) is 1.79. The Kier molecular flexibility index (Phi) is 3.05. The molecular weight excluding hydrogens is 234 g/mol. The van der Waals surface area contributed by atoms with Crippen molar-refractivity contribution in [1.29, 1.82) is 0 Å². The average molecular weight is 243 g/mol. The van der Waals surface area contributed by atoms with Gasteiger partial charge in [-0.05, 0) is 12.1 Å². The fourth-order valence-corrected chi connectivity index (χ4v) is 1.58. The molecule has 2 aromatic rings. The van der Waals surface area contributed by atoms with E-state index < -0.39 is 11.9 Å². The molecule has 0 aliphatic heterocycles. The highest BCUT2D eigenvalue weighted by Gasteiger charge is 2.14. The van der Waals surface area contributed by atoms with Crippen molar-refractivity contribution in [3.8, 4) is 0 Å². The zero-order valence-electron chi connectivity index (χ0n) is 9.20. The Labute approximate surface area is 102 Å². The van der Waals surface area contributed by atoms with Crippen LogP contribution in [-0.2, 0) is 9.59 Å². The third-order valence-electron chi connectivity index (χ3n) is 2.37. The topological polar surface area (TPSA) is 87.5 Å². The number of para-hydroxylation sites is 1. The summed E-state index contributed by atoms with van der Waals surface area (Å²) in [6, 6.07) is 10.4. The first-order chi connectivity index (χ1) is 8.58. The molecule has 2 N–H and O–H groups in total. The number of nitrogens with zero attached hydrogens (tertiary/aromatic N) is 1.